The van der Waals surface area contributed by atoms with Crippen LogP contribution in [-0.2, 0) is 0 Å². The van der Waals surface area contributed by atoms with Crippen molar-refractivity contribution in [2.75, 3.05) is 24.0 Å². The zero-order chi connectivity index (χ0) is 13.7. The number of nitrogens with zero attached hydrogens (tertiary/aromatic N) is 1. The largest absolute Gasteiger partial charge is 0.384 e. The smallest absolute Gasteiger partial charge is 0.125 e. The molecule has 5 heteroatoms. The van der Waals surface area contributed by atoms with Crippen molar-refractivity contribution in [2.24, 2.45) is 5.73 Å². The predicted molar refractivity (Wildman–Crippen MR) is 78.3 cm³/mol. The molecule has 1 unspecified atom stereocenters. The van der Waals surface area contributed by atoms with Crippen molar-refractivity contribution in [3.05, 3.63) is 29.6 Å². The second kappa shape index (κ2) is 6.64. The highest BCUT2D eigenvalue weighted by molar-refractivity contribution is 7.98. The first-order valence-corrected chi connectivity index (χ1v) is 7.22. The minimum Gasteiger partial charge on any atom is -0.384 e. The fourth-order valence-corrected chi connectivity index (χ4v) is 2.33. The summed E-state index contributed by atoms with van der Waals surface area (Å²) in [5, 5.41) is 7.53. The minimum atomic E-state index is -0.367. The Morgan fingerprint density at radius 3 is 2.78 bits per heavy atom. The first kappa shape index (κ1) is 14.8. The number of anilines is 1. The van der Waals surface area contributed by atoms with Gasteiger partial charge in [-0.2, -0.15) is 11.8 Å². The van der Waals surface area contributed by atoms with Crippen molar-refractivity contribution >= 4 is 23.3 Å². The van der Waals surface area contributed by atoms with E-state index in [1.807, 2.05) is 11.9 Å². The van der Waals surface area contributed by atoms with E-state index in [1.165, 1.54) is 12.1 Å². The lowest BCUT2D eigenvalue weighted by atomic mass is 10.1. The molecular weight excluding hydrogens is 249 g/mol. The molecule has 0 saturated carbocycles. The Hall–Kier alpha value is -1.23. The molecule has 1 atom stereocenters. The lowest BCUT2D eigenvalue weighted by Crippen LogP contribution is -2.31. The number of thioether (sulfide) groups is 1. The van der Waals surface area contributed by atoms with Gasteiger partial charge in [-0.3, -0.25) is 5.41 Å². The van der Waals surface area contributed by atoms with Gasteiger partial charge in [0, 0.05) is 24.3 Å². The molecule has 0 aliphatic rings. The van der Waals surface area contributed by atoms with Gasteiger partial charge in [-0.25, -0.2) is 4.39 Å². The SMILES string of the molecule is CSCCC(C)N(C)c1ccc(F)cc1C(=N)N. The zero-order valence-electron chi connectivity index (χ0n) is 11.0. The average Bonchev–Trinajstić information content (AvgIpc) is 2.34. The number of amidine groups is 1. The molecule has 0 bridgehead atoms. The maximum absolute atomic E-state index is 13.2. The molecule has 18 heavy (non-hydrogen) atoms. The number of nitrogen functional groups attached to an aromatic ring is 1. The fraction of sp³-hybridized carbons (Fsp3) is 0.462. The van der Waals surface area contributed by atoms with Crippen molar-refractivity contribution in [2.45, 2.75) is 19.4 Å². The van der Waals surface area contributed by atoms with Crippen LogP contribution in [0.15, 0.2) is 18.2 Å². The molecular formula is C13H20FN3S. The van der Waals surface area contributed by atoms with Crippen LogP contribution in [0.1, 0.15) is 18.9 Å². The van der Waals surface area contributed by atoms with Crippen LogP contribution in [0.25, 0.3) is 0 Å². The second-order valence-corrected chi connectivity index (χ2v) is 5.30. The van der Waals surface area contributed by atoms with Crippen LogP contribution in [0.2, 0.25) is 0 Å². The molecule has 1 rings (SSSR count). The Kier molecular flexibility index (Phi) is 5.47. The standard InChI is InChI=1S/C13H20FN3S/c1-9(6-7-18-3)17(2)12-5-4-10(14)8-11(12)13(15)16/h4-5,8-9H,6-7H2,1-3H3,(H3,15,16). The molecule has 0 heterocycles. The van der Waals surface area contributed by atoms with E-state index < -0.39 is 0 Å². The molecule has 0 saturated heterocycles. The van der Waals surface area contributed by atoms with Gasteiger partial charge in [-0.15, -0.1) is 0 Å². The molecule has 3 nitrogen and oxygen atoms in total. The van der Waals surface area contributed by atoms with Crippen molar-refractivity contribution in [1.82, 2.24) is 0 Å². The number of halogens is 1. The summed E-state index contributed by atoms with van der Waals surface area (Å²) in [6.07, 6.45) is 3.11. The Balaban J connectivity index is 2.97. The first-order chi connectivity index (χ1) is 8.47. The topological polar surface area (TPSA) is 53.1 Å². The molecule has 0 radical (unpaired) electrons. The van der Waals surface area contributed by atoms with Crippen molar-refractivity contribution in [3.8, 4) is 0 Å². The van der Waals surface area contributed by atoms with Gasteiger partial charge in [0.05, 0.1) is 0 Å². The van der Waals surface area contributed by atoms with Crippen LogP contribution in [0, 0.1) is 11.2 Å². The van der Waals surface area contributed by atoms with Gasteiger partial charge in [0.25, 0.3) is 0 Å². The van der Waals surface area contributed by atoms with E-state index in [4.69, 9.17) is 11.1 Å². The van der Waals surface area contributed by atoms with E-state index in [1.54, 1.807) is 17.8 Å². The Morgan fingerprint density at radius 1 is 1.56 bits per heavy atom. The normalized spacial score (nSPS) is 12.2. The molecule has 0 fully saturated rings. The first-order valence-electron chi connectivity index (χ1n) is 5.83. The van der Waals surface area contributed by atoms with Crippen molar-refractivity contribution in [3.63, 3.8) is 0 Å². The second-order valence-electron chi connectivity index (χ2n) is 4.32. The van der Waals surface area contributed by atoms with Crippen LogP contribution < -0.4 is 10.6 Å². The quantitative estimate of drug-likeness (QED) is 0.616. The number of hydrogen-bond donors (Lipinski definition) is 2. The third-order valence-electron chi connectivity index (χ3n) is 3.03. The summed E-state index contributed by atoms with van der Waals surface area (Å²) in [4.78, 5) is 2.05. The summed E-state index contributed by atoms with van der Waals surface area (Å²) in [5.41, 5.74) is 6.76. The molecule has 100 valence electrons. The van der Waals surface area contributed by atoms with E-state index in [2.05, 4.69) is 13.2 Å². The molecule has 0 aliphatic heterocycles. The highest BCUT2D eigenvalue weighted by Gasteiger charge is 2.15. The van der Waals surface area contributed by atoms with Crippen molar-refractivity contribution < 1.29 is 4.39 Å². The maximum atomic E-state index is 13.2. The number of hydrogen-bond acceptors (Lipinski definition) is 3. The summed E-state index contributed by atoms with van der Waals surface area (Å²) in [5.74, 6) is 0.602. The zero-order valence-corrected chi connectivity index (χ0v) is 11.9. The lowest BCUT2D eigenvalue weighted by molar-refractivity contribution is 0.625. The van der Waals surface area contributed by atoms with Crippen LogP contribution in [-0.4, -0.2) is 30.9 Å². The van der Waals surface area contributed by atoms with Crippen LogP contribution >= 0.6 is 11.8 Å². The molecule has 3 N–H and O–H groups in total. The van der Waals surface area contributed by atoms with Gasteiger partial charge in [0.15, 0.2) is 0 Å². The van der Waals surface area contributed by atoms with Gasteiger partial charge in [0.2, 0.25) is 0 Å². The number of rotatable bonds is 6. The summed E-state index contributed by atoms with van der Waals surface area (Å²) >= 11 is 1.80. The summed E-state index contributed by atoms with van der Waals surface area (Å²) in [7, 11) is 1.95. The summed E-state index contributed by atoms with van der Waals surface area (Å²) in [6, 6.07) is 4.72. The monoisotopic (exact) mass is 269 g/mol. The Morgan fingerprint density at radius 2 is 2.22 bits per heavy atom. The molecule has 1 aromatic carbocycles. The fourth-order valence-electron chi connectivity index (χ4n) is 1.75. The van der Waals surface area contributed by atoms with E-state index in [0.29, 0.717) is 11.6 Å². The van der Waals surface area contributed by atoms with Crippen LogP contribution in [0.5, 0.6) is 0 Å². The van der Waals surface area contributed by atoms with E-state index in [9.17, 15) is 4.39 Å². The maximum Gasteiger partial charge on any atom is 0.125 e. The van der Waals surface area contributed by atoms with Gasteiger partial charge < -0.3 is 10.6 Å². The number of nitrogens with two attached hydrogens (primary N) is 1. The molecule has 0 aromatic heterocycles. The number of nitrogens with one attached hydrogen (secondary N) is 1. The highest BCUT2D eigenvalue weighted by atomic mass is 32.2. The Bertz CT molecular complexity index is 423. The van der Waals surface area contributed by atoms with Crippen molar-refractivity contribution in [1.29, 1.82) is 5.41 Å². The highest BCUT2D eigenvalue weighted by Crippen LogP contribution is 2.23. The van der Waals surface area contributed by atoms with Crippen LogP contribution in [0.4, 0.5) is 10.1 Å². The average molecular weight is 269 g/mol. The molecule has 0 spiro atoms. The van der Waals surface area contributed by atoms with E-state index in [0.717, 1.165) is 17.9 Å². The number of benzene rings is 1. The Labute approximate surface area is 112 Å². The third kappa shape index (κ3) is 3.63. The molecule has 0 amide bonds. The van der Waals surface area contributed by atoms with Gasteiger partial charge in [-0.05, 0) is 43.6 Å². The minimum absolute atomic E-state index is 0.103. The van der Waals surface area contributed by atoms with Gasteiger partial charge >= 0.3 is 0 Å². The van der Waals surface area contributed by atoms with E-state index >= 15 is 0 Å². The predicted octanol–water partition coefficient (Wildman–Crippen LogP) is 2.69. The van der Waals surface area contributed by atoms with Gasteiger partial charge in [-0.1, -0.05) is 0 Å². The summed E-state index contributed by atoms with van der Waals surface area (Å²) in [6.45, 7) is 2.11. The lowest BCUT2D eigenvalue weighted by Gasteiger charge is -2.28. The summed E-state index contributed by atoms with van der Waals surface area (Å²) < 4.78 is 13.2. The van der Waals surface area contributed by atoms with E-state index in [-0.39, 0.29) is 11.7 Å². The third-order valence-corrected chi connectivity index (χ3v) is 3.67. The van der Waals surface area contributed by atoms with Gasteiger partial charge in [0.1, 0.15) is 11.7 Å². The molecule has 0 aliphatic carbocycles. The van der Waals surface area contributed by atoms with Crippen LogP contribution in [0.3, 0.4) is 0 Å². The molecule has 1 aromatic rings.